The maximum Gasteiger partial charge on any atom is 0.231 e. The molecule has 0 spiro atoms. The molecule has 0 aromatic heterocycles. The first kappa shape index (κ1) is 19.2. The molecule has 4 nitrogen and oxygen atoms in total. The van der Waals surface area contributed by atoms with Crippen molar-refractivity contribution in [2.45, 2.75) is 25.7 Å². The van der Waals surface area contributed by atoms with Gasteiger partial charge in [-0.15, -0.1) is 0 Å². The van der Waals surface area contributed by atoms with E-state index in [0.717, 1.165) is 48.7 Å². The molecule has 0 radical (unpaired) electrons. The first-order valence-electron chi connectivity index (χ1n) is 9.92. The van der Waals surface area contributed by atoms with Crippen LogP contribution in [0.15, 0.2) is 60.7 Å². The number of rotatable bonds is 8. The fourth-order valence-corrected chi connectivity index (χ4v) is 3.65. The van der Waals surface area contributed by atoms with Crippen LogP contribution >= 0.6 is 0 Å². The zero-order valence-electron chi connectivity index (χ0n) is 16.9. The van der Waals surface area contributed by atoms with Crippen LogP contribution in [0.4, 0.5) is 0 Å². The summed E-state index contributed by atoms with van der Waals surface area (Å²) in [6.07, 6.45) is 3.94. The Labute approximate surface area is 172 Å². The number of ether oxygens (including phenoxy) is 4. The van der Waals surface area contributed by atoms with Crippen molar-refractivity contribution in [2.75, 3.05) is 21.0 Å². The van der Waals surface area contributed by atoms with Crippen LogP contribution in [0.5, 0.6) is 23.0 Å². The SMILES string of the molecule is COc1ccc(CCc2cccc(CCc3ccc4c(c3)OCO4)c2)cc1OC. The van der Waals surface area contributed by atoms with E-state index in [1.807, 2.05) is 12.1 Å². The number of benzene rings is 3. The van der Waals surface area contributed by atoms with Crippen molar-refractivity contribution in [3.8, 4) is 23.0 Å². The lowest BCUT2D eigenvalue weighted by molar-refractivity contribution is 0.174. The van der Waals surface area contributed by atoms with Crippen molar-refractivity contribution in [3.63, 3.8) is 0 Å². The predicted molar refractivity (Wildman–Crippen MR) is 113 cm³/mol. The quantitative estimate of drug-likeness (QED) is 0.542. The van der Waals surface area contributed by atoms with Gasteiger partial charge in [-0.3, -0.25) is 0 Å². The summed E-state index contributed by atoms with van der Waals surface area (Å²) < 4.78 is 21.6. The van der Waals surface area contributed by atoms with Crippen LogP contribution in [0, 0.1) is 0 Å². The molecule has 0 amide bonds. The first-order valence-corrected chi connectivity index (χ1v) is 9.92. The third kappa shape index (κ3) is 4.65. The summed E-state index contributed by atoms with van der Waals surface area (Å²) in [6, 6.07) is 21.2. The summed E-state index contributed by atoms with van der Waals surface area (Å²) in [6.45, 7) is 0.320. The summed E-state index contributed by atoms with van der Waals surface area (Å²) in [5.74, 6) is 3.24. The second-order valence-electron chi connectivity index (χ2n) is 7.20. The van der Waals surface area contributed by atoms with Crippen LogP contribution in [-0.4, -0.2) is 21.0 Å². The van der Waals surface area contributed by atoms with E-state index in [-0.39, 0.29) is 0 Å². The Morgan fingerprint density at radius 3 is 1.90 bits per heavy atom. The molecule has 3 aromatic carbocycles. The standard InChI is InChI=1S/C25H26O4/c1-26-22-12-10-20(15-24(22)27-2)8-6-18-4-3-5-19(14-18)7-9-21-11-13-23-25(16-21)29-17-28-23/h3-5,10-16H,6-9,17H2,1-2H3. The van der Waals surface area contributed by atoms with E-state index in [0.29, 0.717) is 6.79 Å². The van der Waals surface area contributed by atoms with E-state index in [9.17, 15) is 0 Å². The second-order valence-corrected chi connectivity index (χ2v) is 7.20. The lowest BCUT2D eigenvalue weighted by Gasteiger charge is -2.10. The number of hydrogen-bond donors (Lipinski definition) is 0. The molecule has 0 saturated heterocycles. The first-order chi connectivity index (χ1) is 14.2. The summed E-state index contributed by atoms with van der Waals surface area (Å²) in [7, 11) is 3.33. The molecular weight excluding hydrogens is 364 g/mol. The molecule has 0 aliphatic carbocycles. The van der Waals surface area contributed by atoms with Crippen LogP contribution in [0.1, 0.15) is 22.3 Å². The molecular formula is C25H26O4. The maximum atomic E-state index is 5.48. The van der Waals surface area contributed by atoms with Gasteiger partial charge in [-0.25, -0.2) is 0 Å². The van der Waals surface area contributed by atoms with Gasteiger partial charge in [0.1, 0.15) is 0 Å². The largest absolute Gasteiger partial charge is 0.493 e. The van der Waals surface area contributed by atoms with E-state index in [1.54, 1.807) is 14.2 Å². The lowest BCUT2D eigenvalue weighted by atomic mass is 9.99. The molecule has 0 unspecified atom stereocenters. The van der Waals surface area contributed by atoms with E-state index in [2.05, 4.69) is 48.5 Å². The highest BCUT2D eigenvalue weighted by Gasteiger charge is 2.13. The minimum atomic E-state index is 0.320. The molecule has 0 saturated carbocycles. The molecule has 4 heteroatoms. The molecule has 0 bridgehead atoms. The Balaban J connectivity index is 1.36. The second kappa shape index (κ2) is 8.91. The van der Waals surface area contributed by atoms with Crippen molar-refractivity contribution in [3.05, 3.63) is 82.9 Å². The van der Waals surface area contributed by atoms with E-state index in [4.69, 9.17) is 18.9 Å². The number of fused-ring (bicyclic) bond motifs is 1. The molecule has 3 aromatic rings. The Morgan fingerprint density at radius 2 is 1.21 bits per heavy atom. The summed E-state index contributed by atoms with van der Waals surface area (Å²) in [5, 5.41) is 0. The topological polar surface area (TPSA) is 36.9 Å². The van der Waals surface area contributed by atoms with Gasteiger partial charge >= 0.3 is 0 Å². The van der Waals surface area contributed by atoms with Gasteiger partial charge in [0.15, 0.2) is 23.0 Å². The van der Waals surface area contributed by atoms with E-state index in [1.165, 1.54) is 22.3 Å². The Kier molecular flexibility index (Phi) is 5.89. The highest BCUT2D eigenvalue weighted by atomic mass is 16.7. The third-order valence-corrected chi connectivity index (χ3v) is 5.28. The molecule has 0 fully saturated rings. The van der Waals surface area contributed by atoms with Crippen molar-refractivity contribution in [2.24, 2.45) is 0 Å². The molecule has 29 heavy (non-hydrogen) atoms. The van der Waals surface area contributed by atoms with Crippen LogP contribution in [-0.2, 0) is 25.7 Å². The van der Waals surface area contributed by atoms with Crippen molar-refractivity contribution >= 4 is 0 Å². The highest BCUT2D eigenvalue weighted by Crippen LogP contribution is 2.33. The van der Waals surface area contributed by atoms with Gasteiger partial charge in [0.05, 0.1) is 14.2 Å². The van der Waals surface area contributed by atoms with Crippen molar-refractivity contribution in [1.29, 1.82) is 0 Å². The van der Waals surface area contributed by atoms with Crippen LogP contribution in [0.2, 0.25) is 0 Å². The third-order valence-electron chi connectivity index (χ3n) is 5.28. The van der Waals surface area contributed by atoms with Crippen LogP contribution < -0.4 is 18.9 Å². The predicted octanol–water partition coefficient (Wildman–Crippen LogP) is 5.00. The molecule has 0 N–H and O–H groups in total. The van der Waals surface area contributed by atoms with Crippen LogP contribution in [0.3, 0.4) is 0 Å². The molecule has 1 aliphatic rings. The summed E-state index contributed by atoms with van der Waals surface area (Å²) in [4.78, 5) is 0. The van der Waals surface area contributed by atoms with Gasteiger partial charge in [0.2, 0.25) is 6.79 Å². The van der Waals surface area contributed by atoms with Gasteiger partial charge in [-0.05, 0) is 72.2 Å². The van der Waals surface area contributed by atoms with Gasteiger partial charge in [0.25, 0.3) is 0 Å². The van der Waals surface area contributed by atoms with Crippen LogP contribution in [0.25, 0.3) is 0 Å². The minimum absolute atomic E-state index is 0.320. The Morgan fingerprint density at radius 1 is 0.621 bits per heavy atom. The van der Waals surface area contributed by atoms with Gasteiger partial charge in [0, 0.05) is 0 Å². The van der Waals surface area contributed by atoms with Crippen molar-refractivity contribution < 1.29 is 18.9 Å². The average Bonchev–Trinajstić information content (AvgIpc) is 3.24. The van der Waals surface area contributed by atoms with Gasteiger partial charge in [-0.1, -0.05) is 36.4 Å². The molecule has 150 valence electrons. The van der Waals surface area contributed by atoms with Gasteiger partial charge < -0.3 is 18.9 Å². The summed E-state index contributed by atoms with van der Waals surface area (Å²) >= 11 is 0. The normalized spacial score (nSPS) is 12.1. The molecule has 1 aliphatic heterocycles. The number of methoxy groups -OCH3 is 2. The zero-order valence-corrected chi connectivity index (χ0v) is 16.9. The molecule has 0 atom stereocenters. The summed E-state index contributed by atoms with van der Waals surface area (Å²) in [5.41, 5.74) is 5.22. The Bertz CT molecular complexity index is 980. The average molecular weight is 390 g/mol. The zero-order chi connectivity index (χ0) is 20.1. The smallest absolute Gasteiger partial charge is 0.231 e. The molecule has 1 heterocycles. The monoisotopic (exact) mass is 390 g/mol. The van der Waals surface area contributed by atoms with E-state index < -0.39 is 0 Å². The maximum absolute atomic E-state index is 5.48. The Hall–Kier alpha value is -3.14. The number of aryl methyl sites for hydroxylation is 4. The van der Waals surface area contributed by atoms with Crippen molar-refractivity contribution in [1.82, 2.24) is 0 Å². The molecule has 4 rings (SSSR count). The number of hydrogen-bond acceptors (Lipinski definition) is 4. The fraction of sp³-hybridized carbons (Fsp3) is 0.280. The highest BCUT2D eigenvalue weighted by molar-refractivity contribution is 5.45. The van der Waals surface area contributed by atoms with Gasteiger partial charge in [-0.2, -0.15) is 0 Å². The minimum Gasteiger partial charge on any atom is -0.493 e. The fourth-order valence-electron chi connectivity index (χ4n) is 3.65. The lowest BCUT2D eigenvalue weighted by Crippen LogP contribution is -1.97. The van der Waals surface area contributed by atoms with E-state index >= 15 is 0 Å².